The minimum atomic E-state index is -0.0205. The van der Waals surface area contributed by atoms with Crippen molar-refractivity contribution in [3.05, 3.63) is 22.6 Å². The first-order valence-electron chi connectivity index (χ1n) is 6.26. The Morgan fingerprint density at radius 2 is 2.33 bits per heavy atom. The van der Waals surface area contributed by atoms with E-state index in [0.29, 0.717) is 21.7 Å². The van der Waals surface area contributed by atoms with Gasteiger partial charge in [0.1, 0.15) is 0 Å². The second-order valence-electron chi connectivity index (χ2n) is 4.56. The Hall–Kier alpha value is -0.420. The molecule has 0 aliphatic heterocycles. The van der Waals surface area contributed by atoms with Gasteiger partial charge in [0.2, 0.25) is 0 Å². The molecule has 1 aromatic heterocycles. The number of rotatable bonds is 4. The van der Waals surface area contributed by atoms with Crippen molar-refractivity contribution in [3.63, 3.8) is 0 Å². The van der Waals surface area contributed by atoms with E-state index < -0.39 is 0 Å². The van der Waals surface area contributed by atoms with Gasteiger partial charge in [-0.25, -0.2) is 0 Å². The van der Waals surface area contributed by atoms with E-state index in [2.05, 4.69) is 22.9 Å². The molecule has 1 amide bonds. The largest absolute Gasteiger partial charge is 0.444 e. The van der Waals surface area contributed by atoms with Crippen molar-refractivity contribution in [1.29, 1.82) is 0 Å². The molecule has 0 radical (unpaired) electrons. The summed E-state index contributed by atoms with van der Waals surface area (Å²) in [5, 5.41) is 0.707. The molecule has 0 aromatic carbocycles. The summed E-state index contributed by atoms with van der Waals surface area (Å²) in [5.41, 5.74) is 0. The van der Waals surface area contributed by atoms with Crippen LogP contribution in [-0.4, -0.2) is 34.9 Å². The van der Waals surface area contributed by atoms with Crippen molar-refractivity contribution < 1.29 is 9.21 Å². The molecule has 1 aliphatic rings. The fourth-order valence-electron chi connectivity index (χ4n) is 2.43. The molecule has 0 bridgehead atoms. The molecule has 0 spiro atoms. The molecular weight excluding hydrogens is 314 g/mol. The summed E-state index contributed by atoms with van der Waals surface area (Å²) in [7, 11) is 1.88. The van der Waals surface area contributed by atoms with Gasteiger partial charge in [0.15, 0.2) is 10.4 Å². The zero-order valence-corrected chi connectivity index (χ0v) is 13.1. The molecule has 100 valence electrons. The molecule has 2 atom stereocenters. The lowest BCUT2D eigenvalue weighted by molar-refractivity contribution is 0.0702. The summed E-state index contributed by atoms with van der Waals surface area (Å²) in [6.45, 7) is 2.19. The van der Waals surface area contributed by atoms with Gasteiger partial charge in [0, 0.05) is 18.3 Å². The Balaban J connectivity index is 1.95. The van der Waals surface area contributed by atoms with Gasteiger partial charge in [-0.05, 0) is 53.1 Å². The van der Waals surface area contributed by atoms with Gasteiger partial charge in [-0.3, -0.25) is 4.79 Å². The van der Waals surface area contributed by atoms with Crippen molar-refractivity contribution in [1.82, 2.24) is 4.90 Å². The van der Waals surface area contributed by atoms with Gasteiger partial charge in [-0.2, -0.15) is 11.8 Å². The highest BCUT2D eigenvalue weighted by Gasteiger charge is 2.31. The molecule has 1 fully saturated rings. The molecule has 0 saturated heterocycles. The Kier molecular flexibility index (Phi) is 4.78. The third-order valence-electron chi connectivity index (χ3n) is 3.41. The van der Waals surface area contributed by atoms with Gasteiger partial charge in [0.05, 0.1) is 0 Å². The number of carbonyl (C=O) groups excluding carboxylic acids is 1. The van der Waals surface area contributed by atoms with E-state index in [9.17, 15) is 4.79 Å². The van der Waals surface area contributed by atoms with Crippen LogP contribution in [0.2, 0.25) is 0 Å². The Labute approximate surface area is 120 Å². The number of thioether (sulfide) groups is 1. The predicted molar refractivity (Wildman–Crippen MR) is 78.1 cm³/mol. The second kappa shape index (κ2) is 6.15. The van der Waals surface area contributed by atoms with E-state index in [1.807, 2.05) is 23.7 Å². The van der Waals surface area contributed by atoms with Crippen LogP contribution in [-0.2, 0) is 0 Å². The van der Waals surface area contributed by atoms with E-state index in [1.165, 1.54) is 6.42 Å². The lowest BCUT2D eigenvalue weighted by atomic mass is 10.2. The average molecular weight is 332 g/mol. The Morgan fingerprint density at radius 1 is 1.56 bits per heavy atom. The number of furan rings is 1. The fourth-order valence-corrected chi connectivity index (χ4v) is 3.86. The zero-order chi connectivity index (χ0) is 13.1. The van der Waals surface area contributed by atoms with Gasteiger partial charge < -0.3 is 9.32 Å². The zero-order valence-electron chi connectivity index (χ0n) is 10.7. The van der Waals surface area contributed by atoms with Crippen LogP contribution in [0.1, 0.15) is 36.7 Å². The van der Waals surface area contributed by atoms with Crippen molar-refractivity contribution in [3.8, 4) is 0 Å². The maximum atomic E-state index is 12.2. The van der Waals surface area contributed by atoms with Crippen molar-refractivity contribution in [2.24, 2.45) is 0 Å². The first kappa shape index (κ1) is 14.0. The highest BCUT2D eigenvalue weighted by atomic mass is 79.9. The molecule has 0 unspecified atom stereocenters. The first-order chi connectivity index (χ1) is 8.61. The molecular formula is C13H18BrNO2S. The summed E-state index contributed by atoms with van der Waals surface area (Å²) >= 11 is 5.23. The van der Waals surface area contributed by atoms with Crippen LogP contribution in [0.3, 0.4) is 0 Å². The van der Waals surface area contributed by atoms with Crippen LogP contribution in [0.5, 0.6) is 0 Å². The smallest absolute Gasteiger partial charge is 0.289 e. The molecule has 2 rings (SSSR count). The number of hydrogen-bond donors (Lipinski definition) is 0. The third-order valence-corrected chi connectivity index (χ3v) is 5.07. The maximum Gasteiger partial charge on any atom is 0.289 e. The summed E-state index contributed by atoms with van der Waals surface area (Å²) in [6, 6.07) is 3.83. The number of nitrogens with zero attached hydrogens (tertiary/aromatic N) is 1. The topological polar surface area (TPSA) is 33.5 Å². The van der Waals surface area contributed by atoms with E-state index in [0.717, 1.165) is 18.6 Å². The van der Waals surface area contributed by atoms with Gasteiger partial charge in [-0.1, -0.05) is 6.92 Å². The van der Waals surface area contributed by atoms with E-state index in [1.54, 1.807) is 12.1 Å². The average Bonchev–Trinajstić information content (AvgIpc) is 2.97. The van der Waals surface area contributed by atoms with Crippen LogP contribution in [0, 0.1) is 0 Å². The Morgan fingerprint density at radius 3 is 2.94 bits per heavy atom. The lowest BCUT2D eigenvalue weighted by Gasteiger charge is -2.23. The predicted octanol–water partition coefficient (Wildman–Crippen LogP) is 3.79. The normalized spacial score (nSPS) is 23.3. The van der Waals surface area contributed by atoms with Crippen molar-refractivity contribution >= 4 is 33.6 Å². The standard InChI is InChI=1S/C13H18BrNO2S/c1-3-18-10-5-4-9(8-10)15(2)13(16)11-6-7-12(14)17-11/h6-7,9-10H,3-5,8H2,1-2H3/t9-,10+/m0/s1. The molecule has 18 heavy (non-hydrogen) atoms. The van der Waals surface area contributed by atoms with Crippen molar-refractivity contribution in [2.75, 3.05) is 12.8 Å². The minimum Gasteiger partial charge on any atom is -0.444 e. The summed E-state index contributed by atoms with van der Waals surface area (Å²) in [4.78, 5) is 14.0. The summed E-state index contributed by atoms with van der Waals surface area (Å²) < 4.78 is 5.92. The number of carbonyl (C=O) groups is 1. The SMILES string of the molecule is CCS[C@@H]1CC[C@H](N(C)C(=O)c2ccc(Br)o2)C1. The Bertz CT molecular complexity index is 421. The van der Waals surface area contributed by atoms with Gasteiger partial charge in [-0.15, -0.1) is 0 Å². The van der Waals surface area contributed by atoms with E-state index >= 15 is 0 Å². The molecule has 5 heteroatoms. The lowest BCUT2D eigenvalue weighted by Crippen LogP contribution is -2.35. The molecule has 3 nitrogen and oxygen atoms in total. The molecule has 0 N–H and O–H groups in total. The molecule has 1 saturated carbocycles. The quantitative estimate of drug-likeness (QED) is 0.841. The van der Waals surface area contributed by atoms with Crippen molar-refractivity contribution in [2.45, 2.75) is 37.5 Å². The highest BCUT2D eigenvalue weighted by Crippen LogP contribution is 2.32. The van der Waals surface area contributed by atoms with E-state index in [-0.39, 0.29) is 5.91 Å². The monoisotopic (exact) mass is 331 g/mol. The van der Waals surface area contributed by atoms with Gasteiger partial charge in [0.25, 0.3) is 5.91 Å². The highest BCUT2D eigenvalue weighted by molar-refractivity contribution is 9.10. The van der Waals surface area contributed by atoms with Crippen LogP contribution < -0.4 is 0 Å². The fraction of sp³-hybridized carbons (Fsp3) is 0.615. The maximum absolute atomic E-state index is 12.2. The van der Waals surface area contributed by atoms with Crippen LogP contribution in [0.4, 0.5) is 0 Å². The van der Waals surface area contributed by atoms with Crippen LogP contribution >= 0.6 is 27.7 Å². The van der Waals surface area contributed by atoms with Gasteiger partial charge >= 0.3 is 0 Å². The number of hydrogen-bond acceptors (Lipinski definition) is 3. The molecule has 1 aromatic rings. The summed E-state index contributed by atoms with van der Waals surface area (Å²) in [5.74, 6) is 1.55. The first-order valence-corrected chi connectivity index (χ1v) is 8.10. The van der Waals surface area contributed by atoms with Crippen LogP contribution in [0.15, 0.2) is 21.2 Å². The summed E-state index contributed by atoms with van der Waals surface area (Å²) in [6.07, 6.45) is 3.41. The second-order valence-corrected chi connectivity index (χ2v) is 6.92. The molecule has 1 heterocycles. The number of amides is 1. The minimum absolute atomic E-state index is 0.0205. The third kappa shape index (κ3) is 3.12. The van der Waals surface area contributed by atoms with Crippen LogP contribution in [0.25, 0.3) is 0 Å². The molecule has 1 aliphatic carbocycles. The number of halogens is 1. The van der Waals surface area contributed by atoms with E-state index in [4.69, 9.17) is 4.42 Å².